The Labute approximate surface area is 220 Å². The van der Waals surface area contributed by atoms with E-state index in [1.165, 1.54) is 12.1 Å². The van der Waals surface area contributed by atoms with Gasteiger partial charge in [0.1, 0.15) is 0 Å². The molecule has 0 aromatic heterocycles. The molecular formula is C32H30F4O2. The Morgan fingerprint density at radius 1 is 0.658 bits per heavy atom. The highest BCUT2D eigenvalue weighted by Crippen LogP contribution is 2.31. The van der Waals surface area contributed by atoms with Crippen molar-refractivity contribution in [3.8, 4) is 28.0 Å². The first-order valence-electron chi connectivity index (χ1n) is 12.8. The van der Waals surface area contributed by atoms with E-state index >= 15 is 0 Å². The van der Waals surface area contributed by atoms with E-state index in [0.29, 0.717) is 24.0 Å². The molecule has 0 bridgehead atoms. The lowest BCUT2D eigenvalue weighted by Crippen LogP contribution is -2.00. The van der Waals surface area contributed by atoms with Crippen LogP contribution < -0.4 is 4.74 Å². The van der Waals surface area contributed by atoms with Gasteiger partial charge in [-0.1, -0.05) is 74.0 Å². The van der Waals surface area contributed by atoms with Crippen LogP contribution >= 0.6 is 0 Å². The first kappa shape index (κ1) is 27.4. The molecule has 4 rings (SSSR count). The summed E-state index contributed by atoms with van der Waals surface area (Å²) in [5.74, 6) is -3.94. The molecule has 4 aromatic carbocycles. The Hall–Kier alpha value is -3.64. The van der Waals surface area contributed by atoms with E-state index in [4.69, 9.17) is 4.74 Å². The molecule has 0 aliphatic carbocycles. The van der Waals surface area contributed by atoms with Gasteiger partial charge >= 0.3 is 0 Å². The van der Waals surface area contributed by atoms with Gasteiger partial charge in [-0.25, -0.2) is 13.2 Å². The second-order valence-corrected chi connectivity index (χ2v) is 9.20. The Morgan fingerprint density at radius 3 is 1.84 bits per heavy atom. The van der Waals surface area contributed by atoms with Gasteiger partial charge in [0, 0.05) is 11.1 Å². The minimum absolute atomic E-state index is 0.120. The van der Waals surface area contributed by atoms with Crippen molar-refractivity contribution < 1.29 is 27.4 Å². The zero-order chi connectivity index (χ0) is 27.2. The fourth-order valence-corrected chi connectivity index (χ4v) is 4.48. The summed E-state index contributed by atoms with van der Waals surface area (Å²) >= 11 is 0. The first-order chi connectivity index (χ1) is 18.3. The lowest BCUT2D eigenvalue weighted by molar-refractivity contribution is 0.166. The summed E-state index contributed by atoms with van der Waals surface area (Å²) in [7, 11) is 0. The average molecular weight is 523 g/mol. The van der Waals surface area contributed by atoms with Crippen molar-refractivity contribution in [2.45, 2.75) is 45.6 Å². The Morgan fingerprint density at radius 2 is 1.24 bits per heavy atom. The van der Waals surface area contributed by atoms with Crippen LogP contribution in [-0.4, -0.2) is 11.7 Å². The van der Waals surface area contributed by atoms with Crippen molar-refractivity contribution in [3.05, 3.63) is 113 Å². The van der Waals surface area contributed by atoms with Crippen molar-refractivity contribution in [1.82, 2.24) is 0 Å². The fraction of sp³-hybridized carbons (Fsp3) is 0.250. The summed E-state index contributed by atoms with van der Waals surface area (Å²) < 4.78 is 63.7. The minimum Gasteiger partial charge on any atom is -0.491 e. The van der Waals surface area contributed by atoms with Crippen molar-refractivity contribution in [3.63, 3.8) is 0 Å². The maximum Gasteiger partial charge on any atom is 0.201 e. The average Bonchev–Trinajstić information content (AvgIpc) is 2.93. The number of aliphatic hydroxyl groups is 1. The number of aliphatic hydroxyl groups excluding tert-OH is 1. The second-order valence-electron chi connectivity index (χ2n) is 9.20. The van der Waals surface area contributed by atoms with Crippen LogP contribution in [0.5, 0.6) is 5.75 Å². The van der Waals surface area contributed by atoms with E-state index in [2.05, 4.69) is 0 Å². The molecule has 0 heterocycles. The summed E-state index contributed by atoms with van der Waals surface area (Å²) in [4.78, 5) is 0. The Balaban J connectivity index is 1.45. The largest absolute Gasteiger partial charge is 0.491 e. The molecule has 1 N–H and O–H groups in total. The highest BCUT2D eigenvalue weighted by atomic mass is 19.2. The molecule has 0 fully saturated rings. The van der Waals surface area contributed by atoms with E-state index in [0.717, 1.165) is 17.5 Å². The van der Waals surface area contributed by atoms with Crippen molar-refractivity contribution in [1.29, 1.82) is 0 Å². The molecule has 0 spiro atoms. The highest BCUT2D eigenvalue weighted by molar-refractivity contribution is 5.66. The van der Waals surface area contributed by atoms with Crippen LogP contribution in [0.25, 0.3) is 22.3 Å². The van der Waals surface area contributed by atoms with Crippen LogP contribution in [0, 0.1) is 23.3 Å². The number of rotatable bonds is 10. The predicted octanol–water partition coefficient (Wildman–Crippen LogP) is 8.59. The molecule has 6 heteroatoms. The van der Waals surface area contributed by atoms with Gasteiger partial charge < -0.3 is 9.84 Å². The molecule has 38 heavy (non-hydrogen) atoms. The maximum atomic E-state index is 14.9. The van der Waals surface area contributed by atoms with E-state index in [9.17, 15) is 22.7 Å². The molecule has 0 amide bonds. The molecule has 4 aromatic rings. The molecule has 0 aliphatic rings. The molecular weight excluding hydrogens is 492 g/mol. The van der Waals surface area contributed by atoms with E-state index in [1.54, 1.807) is 67.6 Å². The van der Waals surface area contributed by atoms with Gasteiger partial charge in [0.15, 0.2) is 23.2 Å². The third kappa shape index (κ3) is 5.91. The van der Waals surface area contributed by atoms with Gasteiger partial charge in [-0.2, -0.15) is 4.39 Å². The molecule has 0 aliphatic heterocycles. The van der Waals surface area contributed by atoms with E-state index < -0.39 is 29.4 Å². The highest BCUT2D eigenvalue weighted by Gasteiger charge is 2.17. The zero-order valence-corrected chi connectivity index (χ0v) is 21.4. The van der Waals surface area contributed by atoms with Crippen LogP contribution in [0.1, 0.15) is 49.5 Å². The molecule has 1 atom stereocenters. The monoisotopic (exact) mass is 522 g/mol. The van der Waals surface area contributed by atoms with Crippen LogP contribution in [-0.2, 0) is 12.8 Å². The van der Waals surface area contributed by atoms with Crippen LogP contribution in [0.3, 0.4) is 0 Å². The summed E-state index contributed by atoms with van der Waals surface area (Å²) in [6.45, 7) is 3.91. The SMILES string of the molecule is CCCC(O)c1ccc(-c2ccc(CCc3ccc(-c4ccc(OCC)c(F)c4F)cc3)c(F)c2F)cc1. The number of hydrogen-bond acceptors (Lipinski definition) is 2. The van der Waals surface area contributed by atoms with Crippen LogP contribution in [0.15, 0.2) is 72.8 Å². The molecule has 0 saturated carbocycles. The summed E-state index contributed by atoms with van der Waals surface area (Å²) in [6, 6.07) is 19.7. The van der Waals surface area contributed by atoms with Gasteiger partial charge in [0.25, 0.3) is 0 Å². The Kier molecular flexibility index (Phi) is 8.85. The molecule has 1 unspecified atom stereocenters. The van der Waals surface area contributed by atoms with Gasteiger partial charge in [0.2, 0.25) is 5.82 Å². The molecule has 0 saturated heterocycles. The third-order valence-corrected chi connectivity index (χ3v) is 6.63. The van der Waals surface area contributed by atoms with E-state index in [-0.39, 0.29) is 35.5 Å². The van der Waals surface area contributed by atoms with Gasteiger partial charge in [0.05, 0.1) is 12.7 Å². The first-order valence-corrected chi connectivity index (χ1v) is 12.8. The number of hydrogen-bond donors (Lipinski definition) is 1. The molecule has 0 radical (unpaired) electrons. The summed E-state index contributed by atoms with van der Waals surface area (Å²) in [5.41, 5.74) is 3.17. The number of halogens is 4. The number of aryl methyl sites for hydroxylation is 2. The third-order valence-electron chi connectivity index (χ3n) is 6.63. The lowest BCUT2D eigenvalue weighted by Gasteiger charge is -2.12. The number of ether oxygens (including phenoxy) is 1. The van der Waals surface area contributed by atoms with Crippen LogP contribution in [0.4, 0.5) is 17.6 Å². The number of benzene rings is 4. The summed E-state index contributed by atoms with van der Waals surface area (Å²) in [6.07, 6.45) is 1.62. The minimum atomic E-state index is -1.03. The standard InChI is InChI=1S/C32H30F4O2/c1-3-5-27(37)23-14-12-22(13-15-23)25-17-16-24(29(33)30(25)34)11-8-20-6-9-21(10-7-20)26-18-19-28(38-4-2)32(36)31(26)35/h6-7,9-10,12-19,27,37H,3-5,8,11H2,1-2H3. The van der Waals surface area contributed by atoms with Gasteiger partial charge in [-0.05, 0) is 66.1 Å². The Bertz CT molecular complexity index is 1380. The fourth-order valence-electron chi connectivity index (χ4n) is 4.48. The smallest absolute Gasteiger partial charge is 0.201 e. The van der Waals surface area contributed by atoms with E-state index in [1.807, 2.05) is 6.92 Å². The van der Waals surface area contributed by atoms with Crippen molar-refractivity contribution in [2.75, 3.05) is 6.61 Å². The van der Waals surface area contributed by atoms with Crippen molar-refractivity contribution >= 4 is 0 Å². The maximum absolute atomic E-state index is 14.9. The van der Waals surface area contributed by atoms with Gasteiger partial charge in [-0.3, -0.25) is 0 Å². The quantitative estimate of drug-likeness (QED) is 0.211. The second kappa shape index (κ2) is 12.3. The lowest BCUT2D eigenvalue weighted by atomic mass is 9.96. The summed E-state index contributed by atoms with van der Waals surface area (Å²) in [5, 5.41) is 10.1. The zero-order valence-electron chi connectivity index (χ0n) is 21.4. The normalized spacial score (nSPS) is 12.0. The van der Waals surface area contributed by atoms with Gasteiger partial charge in [-0.15, -0.1) is 0 Å². The molecule has 2 nitrogen and oxygen atoms in total. The predicted molar refractivity (Wildman–Crippen MR) is 142 cm³/mol. The van der Waals surface area contributed by atoms with Crippen molar-refractivity contribution in [2.24, 2.45) is 0 Å². The van der Waals surface area contributed by atoms with Crippen LogP contribution in [0.2, 0.25) is 0 Å². The topological polar surface area (TPSA) is 29.5 Å². The molecule has 198 valence electrons.